The summed E-state index contributed by atoms with van der Waals surface area (Å²) < 4.78 is 5.61. The number of amides is 1. The zero-order valence-corrected chi connectivity index (χ0v) is 10.7. The van der Waals surface area contributed by atoms with E-state index in [4.69, 9.17) is 21.5 Å². The summed E-state index contributed by atoms with van der Waals surface area (Å²) in [5, 5.41) is 8.60. The van der Waals surface area contributed by atoms with Crippen molar-refractivity contribution in [3.8, 4) is 17.6 Å². The van der Waals surface area contributed by atoms with Crippen LogP contribution in [0.3, 0.4) is 0 Å². The van der Waals surface area contributed by atoms with Crippen LogP contribution >= 0.6 is 0 Å². The van der Waals surface area contributed by atoms with E-state index in [9.17, 15) is 4.79 Å². The molecule has 0 aliphatic carbocycles. The first-order valence-electron chi connectivity index (χ1n) is 5.93. The van der Waals surface area contributed by atoms with Crippen molar-refractivity contribution >= 4 is 11.6 Å². The molecule has 0 spiro atoms. The zero-order valence-electron chi connectivity index (χ0n) is 10.7. The highest BCUT2D eigenvalue weighted by Gasteiger charge is 2.08. The fourth-order valence-electron chi connectivity index (χ4n) is 1.71. The number of nitrogens with zero attached hydrogens (tertiary/aromatic N) is 1. The number of nitrogen functional groups attached to an aromatic ring is 1. The summed E-state index contributed by atoms with van der Waals surface area (Å²) >= 11 is 0. The van der Waals surface area contributed by atoms with E-state index < -0.39 is 5.91 Å². The van der Waals surface area contributed by atoms with Gasteiger partial charge in [-0.15, -0.1) is 0 Å². The van der Waals surface area contributed by atoms with Gasteiger partial charge >= 0.3 is 0 Å². The predicted molar refractivity (Wildman–Crippen MR) is 75.2 cm³/mol. The van der Waals surface area contributed by atoms with Crippen LogP contribution in [-0.2, 0) is 6.42 Å². The third kappa shape index (κ3) is 3.06. The summed E-state index contributed by atoms with van der Waals surface area (Å²) in [7, 11) is 0. The Balaban J connectivity index is 2.20. The van der Waals surface area contributed by atoms with Crippen LogP contribution in [0.4, 0.5) is 5.69 Å². The highest BCUT2D eigenvalue weighted by atomic mass is 16.5. The molecular formula is C15H13N3O2. The van der Waals surface area contributed by atoms with Gasteiger partial charge in [0.2, 0.25) is 0 Å². The number of nitriles is 1. The largest absolute Gasteiger partial charge is 0.457 e. The molecule has 100 valence electrons. The highest BCUT2D eigenvalue weighted by Crippen LogP contribution is 2.25. The number of carbonyl (C=O) groups excluding carboxylic acids is 1. The summed E-state index contributed by atoms with van der Waals surface area (Å²) in [4.78, 5) is 11.2. The van der Waals surface area contributed by atoms with Crippen LogP contribution in [0.1, 0.15) is 15.9 Å². The average Bonchev–Trinajstić information content (AvgIpc) is 2.43. The quantitative estimate of drug-likeness (QED) is 0.829. The molecule has 4 N–H and O–H groups in total. The van der Waals surface area contributed by atoms with Crippen LogP contribution < -0.4 is 16.2 Å². The number of nitrogens with two attached hydrogens (primary N) is 2. The Labute approximate surface area is 116 Å². The molecular weight excluding hydrogens is 254 g/mol. The molecule has 0 fully saturated rings. The first-order valence-corrected chi connectivity index (χ1v) is 5.93. The van der Waals surface area contributed by atoms with Gasteiger partial charge in [0.25, 0.3) is 5.91 Å². The smallest absolute Gasteiger partial charge is 0.250 e. The second-order valence-electron chi connectivity index (χ2n) is 4.19. The normalized spacial score (nSPS) is 9.75. The van der Waals surface area contributed by atoms with Crippen molar-refractivity contribution in [2.24, 2.45) is 5.73 Å². The molecule has 0 saturated carbocycles. The Bertz CT molecular complexity index is 673. The van der Waals surface area contributed by atoms with Crippen LogP contribution in [0.25, 0.3) is 0 Å². The lowest BCUT2D eigenvalue weighted by Crippen LogP contribution is -2.13. The van der Waals surface area contributed by atoms with Crippen LogP contribution in [0, 0.1) is 11.3 Å². The van der Waals surface area contributed by atoms with E-state index in [1.165, 1.54) is 6.07 Å². The summed E-state index contributed by atoms with van der Waals surface area (Å²) in [5.41, 5.74) is 12.3. The first-order chi connectivity index (χ1) is 9.60. The van der Waals surface area contributed by atoms with Crippen LogP contribution in [0.2, 0.25) is 0 Å². The lowest BCUT2D eigenvalue weighted by Gasteiger charge is -2.08. The van der Waals surface area contributed by atoms with E-state index in [0.29, 0.717) is 23.6 Å². The maximum Gasteiger partial charge on any atom is 0.250 e. The number of benzene rings is 2. The van der Waals surface area contributed by atoms with Gasteiger partial charge in [-0.25, -0.2) is 0 Å². The number of anilines is 1. The molecule has 0 unspecified atom stereocenters. The van der Waals surface area contributed by atoms with Gasteiger partial charge < -0.3 is 16.2 Å². The molecule has 0 aliphatic rings. The zero-order chi connectivity index (χ0) is 14.5. The highest BCUT2D eigenvalue weighted by molar-refractivity contribution is 5.98. The maximum absolute atomic E-state index is 11.2. The molecule has 5 heteroatoms. The molecule has 0 radical (unpaired) electrons. The number of carbonyl (C=O) groups is 1. The Morgan fingerprint density at radius 2 is 1.80 bits per heavy atom. The summed E-state index contributed by atoms with van der Waals surface area (Å²) in [6.07, 6.45) is 0.355. The Morgan fingerprint density at radius 1 is 1.15 bits per heavy atom. The Hall–Kier alpha value is -3.00. The van der Waals surface area contributed by atoms with Crippen molar-refractivity contribution in [1.82, 2.24) is 0 Å². The van der Waals surface area contributed by atoms with E-state index in [2.05, 4.69) is 6.07 Å². The van der Waals surface area contributed by atoms with Crippen LogP contribution in [0.15, 0.2) is 42.5 Å². The maximum atomic E-state index is 11.2. The summed E-state index contributed by atoms with van der Waals surface area (Å²) in [5.74, 6) is 0.477. The topological polar surface area (TPSA) is 102 Å². The lowest BCUT2D eigenvalue weighted by atomic mass is 10.1. The molecule has 0 aliphatic heterocycles. The number of ether oxygens (including phenoxy) is 1. The average molecular weight is 267 g/mol. The number of rotatable bonds is 4. The predicted octanol–water partition coefficient (Wildman–Crippen LogP) is 2.23. The molecule has 5 nitrogen and oxygen atoms in total. The van der Waals surface area contributed by atoms with Gasteiger partial charge in [-0.3, -0.25) is 4.79 Å². The van der Waals surface area contributed by atoms with Gasteiger partial charge in [0.1, 0.15) is 11.5 Å². The Kier molecular flexibility index (Phi) is 3.87. The summed E-state index contributed by atoms with van der Waals surface area (Å²) in [6, 6.07) is 13.9. The fraction of sp³-hybridized carbons (Fsp3) is 0.0667. The second-order valence-corrected chi connectivity index (χ2v) is 4.19. The van der Waals surface area contributed by atoms with Crippen LogP contribution in [0.5, 0.6) is 11.5 Å². The molecule has 20 heavy (non-hydrogen) atoms. The van der Waals surface area contributed by atoms with Gasteiger partial charge in [-0.2, -0.15) is 5.26 Å². The van der Waals surface area contributed by atoms with E-state index in [-0.39, 0.29) is 5.56 Å². The molecule has 2 aromatic rings. The molecule has 1 amide bonds. The van der Waals surface area contributed by atoms with Crippen molar-refractivity contribution in [1.29, 1.82) is 5.26 Å². The second kappa shape index (κ2) is 5.76. The number of primary amides is 1. The standard InChI is InChI=1S/C15H13N3O2/c16-8-7-10-1-3-11(4-2-10)20-12-5-6-14(17)13(9-12)15(18)19/h1-6,9H,7,17H2,(H2,18,19). The summed E-state index contributed by atoms with van der Waals surface area (Å²) in [6.45, 7) is 0. The third-order valence-electron chi connectivity index (χ3n) is 2.73. The van der Waals surface area contributed by atoms with Gasteiger partial charge in [-0.1, -0.05) is 12.1 Å². The number of hydrogen-bond donors (Lipinski definition) is 2. The minimum atomic E-state index is -0.600. The molecule has 0 bridgehead atoms. The van der Waals surface area contributed by atoms with Crippen molar-refractivity contribution in [2.75, 3.05) is 5.73 Å². The first kappa shape index (κ1) is 13.4. The van der Waals surface area contributed by atoms with Gasteiger partial charge in [0.15, 0.2) is 0 Å². The van der Waals surface area contributed by atoms with E-state index in [1.807, 2.05) is 12.1 Å². The number of hydrogen-bond acceptors (Lipinski definition) is 4. The van der Waals surface area contributed by atoms with Crippen molar-refractivity contribution in [3.05, 3.63) is 53.6 Å². The van der Waals surface area contributed by atoms with Crippen molar-refractivity contribution < 1.29 is 9.53 Å². The van der Waals surface area contributed by atoms with Gasteiger partial charge in [0.05, 0.1) is 18.1 Å². The lowest BCUT2D eigenvalue weighted by molar-refractivity contribution is 0.100. The minimum Gasteiger partial charge on any atom is -0.457 e. The van der Waals surface area contributed by atoms with Crippen molar-refractivity contribution in [3.63, 3.8) is 0 Å². The van der Waals surface area contributed by atoms with E-state index in [0.717, 1.165) is 5.56 Å². The fourth-order valence-corrected chi connectivity index (χ4v) is 1.71. The third-order valence-corrected chi connectivity index (χ3v) is 2.73. The van der Waals surface area contributed by atoms with Gasteiger partial charge in [-0.05, 0) is 35.9 Å². The molecule has 2 rings (SSSR count). The molecule has 0 heterocycles. The molecule has 0 saturated heterocycles. The minimum absolute atomic E-state index is 0.226. The van der Waals surface area contributed by atoms with Gasteiger partial charge in [0, 0.05) is 5.69 Å². The van der Waals surface area contributed by atoms with Crippen molar-refractivity contribution in [2.45, 2.75) is 6.42 Å². The SMILES string of the molecule is N#CCc1ccc(Oc2ccc(N)c(C(N)=O)c2)cc1. The van der Waals surface area contributed by atoms with Crippen LogP contribution in [-0.4, -0.2) is 5.91 Å². The molecule has 0 aromatic heterocycles. The molecule has 0 atom stereocenters. The van der Waals surface area contributed by atoms with E-state index in [1.54, 1.807) is 24.3 Å². The monoisotopic (exact) mass is 267 g/mol. The molecule has 2 aromatic carbocycles. The van der Waals surface area contributed by atoms with E-state index >= 15 is 0 Å². The Morgan fingerprint density at radius 3 is 2.40 bits per heavy atom.